The summed E-state index contributed by atoms with van der Waals surface area (Å²) in [4.78, 5) is 12.7. The van der Waals surface area contributed by atoms with Crippen molar-refractivity contribution in [1.82, 2.24) is 0 Å². The van der Waals surface area contributed by atoms with Crippen LogP contribution in [0.15, 0.2) is 30.3 Å². The first-order valence-corrected chi connectivity index (χ1v) is 9.73. The van der Waals surface area contributed by atoms with Crippen molar-refractivity contribution in [3.8, 4) is 6.07 Å². The molecule has 0 heterocycles. The normalized spacial score (nSPS) is 26.5. The Morgan fingerprint density at radius 1 is 1.29 bits per heavy atom. The number of ether oxygens (including phenoxy) is 1. The third kappa shape index (κ3) is 3.18. The Hall–Kier alpha value is -1.87. The van der Waals surface area contributed by atoms with Gasteiger partial charge in [0.2, 0.25) is 0 Å². The van der Waals surface area contributed by atoms with Gasteiger partial charge in [-0.2, -0.15) is 5.26 Å². The molecule has 1 fully saturated rings. The minimum Gasteiger partial charge on any atom is -0.459 e. The largest absolute Gasteiger partial charge is 0.459 e. The van der Waals surface area contributed by atoms with Gasteiger partial charge in [0.25, 0.3) is 0 Å². The fourth-order valence-corrected chi connectivity index (χ4v) is 5.53. The highest BCUT2D eigenvalue weighted by atomic mass is 32.2. The van der Waals surface area contributed by atoms with Crippen molar-refractivity contribution in [2.45, 2.75) is 50.9 Å². The van der Waals surface area contributed by atoms with E-state index in [2.05, 4.69) is 0 Å². The van der Waals surface area contributed by atoms with E-state index >= 15 is 0 Å². The average molecular weight is 349 g/mol. The van der Waals surface area contributed by atoms with Gasteiger partial charge in [0.15, 0.2) is 15.3 Å². The number of nitriles is 1. The minimum atomic E-state index is -3.58. The van der Waals surface area contributed by atoms with Crippen LogP contribution in [0.2, 0.25) is 0 Å². The van der Waals surface area contributed by atoms with Crippen molar-refractivity contribution in [2.75, 3.05) is 5.75 Å². The van der Waals surface area contributed by atoms with E-state index in [1.165, 1.54) is 0 Å². The Labute approximate surface area is 143 Å². The number of esters is 1. The van der Waals surface area contributed by atoms with E-state index in [0.717, 1.165) is 0 Å². The Bertz CT molecular complexity index is 758. The average Bonchev–Trinajstić information content (AvgIpc) is 3.18. The zero-order valence-electron chi connectivity index (χ0n) is 14.4. The molecule has 130 valence electrons. The molecule has 3 atom stereocenters. The molecule has 5 nitrogen and oxygen atoms in total. The maximum absolute atomic E-state index is 12.7. The van der Waals surface area contributed by atoms with Crippen LogP contribution in [0, 0.1) is 16.7 Å². The standard InChI is InChI=1S/C18H23NO4S/c1-5-11-24(21,22)15-14(13-9-7-6-8-10-13)18(15,12-19)16(20)23-17(2,3)4/h6-10,14-15H,5,11H2,1-4H3. The van der Waals surface area contributed by atoms with Gasteiger partial charge < -0.3 is 4.74 Å². The van der Waals surface area contributed by atoms with Crippen LogP contribution in [-0.4, -0.2) is 31.0 Å². The van der Waals surface area contributed by atoms with Gasteiger partial charge in [0.05, 0.1) is 11.8 Å². The lowest BCUT2D eigenvalue weighted by molar-refractivity contribution is -0.159. The summed E-state index contributed by atoms with van der Waals surface area (Å²) in [5.74, 6) is -1.49. The molecule has 1 aromatic rings. The van der Waals surface area contributed by atoms with Crippen molar-refractivity contribution in [2.24, 2.45) is 5.41 Å². The molecule has 1 saturated carbocycles. The molecule has 3 unspecified atom stereocenters. The van der Waals surface area contributed by atoms with E-state index in [4.69, 9.17) is 4.74 Å². The van der Waals surface area contributed by atoms with E-state index in [0.29, 0.717) is 12.0 Å². The first kappa shape index (κ1) is 18.5. The molecule has 0 spiro atoms. The van der Waals surface area contributed by atoms with Crippen LogP contribution in [0.25, 0.3) is 0 Å². The zero-order chi connectivity index (χ0) is 18.2. The number of rotatable bonds is 5. The summed E-state index contributed by atoms with van der Waals surface area (Å²) in [6.45, 7) is 6.86. The Balaban J connectivity index is 2.51. The number of sulfone groups is 1. The lowest BCUT2D eigenvalue weighted by atomic mass is 10.0. The molecule has 24 heavy (non-hydrogen) atoms. The second-order valence-corrected chi connectivity index (χ2v) is 9.40. The van der Waals surface area contributed by atoms with Gasteiger partial charge in [-0.05, 0) is 32.8 Å². The molecule has 1 aliphatic carbocycles. The first-order chi connectivity index (χ1) is 11.1. The summed E-state index contributed by atoms with van der Waals surface area (Å²) < 4.78 is 30.7. The van der Waals surface area contributed by atoms with E-state index in [9.17, 15) is 18.5 Å². The lowest BCUT2D eigenvalue weighted by Crippen LogP contribution is -2.32. The van der Waals surface area contributed by atoms with Crippen LogP contribution in [0.5, 0.6) is 0 Å². The van der Waals surface area contributed by atoms with Crippen LogP contribution in [0.3, 0.4) is 0 Å². The molecular formula is C18H23NO4S. The topological polar surface area (TPSA) is 84.2 Å². The summed E-state index contributed by atoms with van der Waals surface area (Å²) in [7, 11) is -3.58. The smallest absolute Gasteiger partial charge is 0.329 e. The Morgan fingerprint density at radius 3 is 2.33 bits per heavy atom. The lowest BCUT2D eigenvalue weighted by Gasteiger charge is -2.22. The minimum absolute atomic E-state index is 0.0484. The molecule has 0 saturated heterocycles. The Morgan fingerprint density at radius 2 is 1.88 bits per heavy atom. The predicted molar refractivity (Wildman–Crippen MR) is 90.9 cm³/mol. The van der Waals surface area contributed by atoms with Crippen molar-refractivity contribution < 1.29 is 17.9 Å². The summed E-state index contributed by atoms with van der Waals surface area (Å²) >= 11 is 0. The van der Waals surface area contributed by atoms with Gasteiger partial charge in [-0.1, -0.05) is 37.3 Å². The third-order valence-corrected chi connectivity index (χ3v) is 6.48. The van der Waals surface area contributed by atoms with Gasteiger partial charge in [0.1, 0.15) is 10.9 Å². The molecule has 0 N–H and O–H groups in total. The summed E-state index contributed by atoms with van der Waals surface area (Å²) in [6, 6.07) is 10.8. The second kappa shape index (κ2) is 6.21. The molecule has 0 radical (unpaired) electrons. The van der Waals surface area contributed by atoms with Crippen LogP contribution in [0.4, 0.5) is 0 Å². The molecule has 2 rings (SSSR count). The monoisotopic (exact) mass is 349 g/mol. The fourth-order valence-electron chi connectivity index (χ4n) is 3.14. The van der Waals surface area contributed by atoms with E-state index in [-0.39, 0.29) is 5.75 Å². The maximum Gasteiger partial charge on any atom is 0.329 e. The number of hydrogen-bond acceptors (Lipinski definition) is 5. The van der Waals surface area contributed by atoms with Gasteiger partial charge in [-0.25, -0.2) is 8.42 Å². The van der Waals surface area contributed by atoms with Crippen LogP contribution in [0.1, 0.15) is 45.6 Å². The molecule has 1 aromatic carbocycles. The summed E-state index contributed by atoms with van der Waals surface area (Å²) in [5.41, 5.74) is -1.78. The molecule has 1 aliphatic rings. The number of carbonyl (C=O) groups is 1. The van der Waals surface area contributed by atoms with Crippen molar-refractivity contribution >= 4 is 15.8 Å². The van der Waals surface area contributed by atoms with Gasteiger partial charge in [0, 0.05) is 5.92 Å². The highest BCUT2D eigenvalue weighted by Crippen LogP contribution is 2.63. The van der Waals surface area contributed by atoms with Crippen molar-refractivity contribution in [1.29, 1.82) is 5.26 Å². The molecule has 0 bridgehead atoms. The van der Waals surface area contributed by atoms with Gasteiger partial charge in [-0.3, -0.25) is 4.79 Å². The van der Waals surface area contributed by atoms with Gasteiger partial charge >= 0.3 is 5.97 Å². The Kier molecular flexibility index (Phi) is 4.78. The molecule has 0 amide bonds. The second-order valence-electron chi connectivity index (χ2n) is 7.16. The number of hydrogen-bond donors (Lipinski definition) is 0. The molecular weight excluding hydrogens is 326 g/mol. The fraction of sp³-hybridized carbons (Fsp3) is 0.556. The van der Waals surface area contributed by atoms with Crippen LogP contribution in [-0.2, 0) is 19.4 Å². The highest BCUT2D eigenvalue weighted by Gasteiger charge is 2.77. The van der Waals surface area contributed by atoms with Crippen LogP contribution < -0.4 is 0 Å². The van der Waals surface area contributed by atoms with E-state index < -0.39 is 38.0 Å². The quantitative estimate of drug-likeness (QED) is 0.763. The van der Waals surface area contributed by atoms with E-state index in [1.54, 1.807) is 52.0 Å². The van der Waals surface area contributed by atoms with Crippen molar-refractivity contribution in [3.05, 3.63) is 35.9 Å². The number of carbonyl (C=O) groups excluding carboxylic acids is 1. The van der Waals surface area contributed by atoms with Crippen molar-refractivity contribution in [3.63, 3.8) is 0 Å². The van der Waals surface area contributed by atoms with Crippen LogP contribution >= 0.6 is 0 Å². The number of benzene rings is 1. The molecule has 0 aromatic heterocycles. The summed E-state index contributed by atoms with van der Waals surface area (Å²) in [5, 5.41) is 8.69. The molecule has 6 heteroatoms. The number of nitrogens with zero attached hydrogens (tertiary/aromatic N) is 1. The van der Waals surface area contributed by atoms with Gasteiger partial charge in [-0.15, -0.1) is 0 Å². The van der Waals surface area contributed by atoms with E-state index in [1.807, 2.05) is 12.1 Å². The highest BCUT2D eigenvalue weighted by molar-refractivity contribution is 7.92. The maximum atomic E-state index is 12.7. The zero-order valence-corrected chi connectivity index (χ0v) is 15.3. The predicted octanol–water partition coefficient (Wildman–Crippen LogP) is 2.83. The first-order valence-electron chi connectivity index (χ1n) is 8.01. The SMILES string of the molecule is CCCS(=O)(=O)C1C(c2ccccc2)C1(C#N)C(=O)OC(C)(C)C. The third-order valence-electron chi connectivity index (χ3n) is 4.09. The molecule has 0 aliphatic heterocycles. The summed E-state index contributed by atoms with van der Waals surface area (Å²) in [6.07, 6.45) is 0.441.